The summed E-state index contributed by atoms with van der Waals surface area (Å²) in [6, 6.07) is 13.5. The van der Waals surface area contributed by atoms with Crippen LogP contribution in [0.3, 0.4) is 0 Å². The van der Waals surface area contributed by atoms with Crippen LogP contribution in [0.1, 0.15) is 29.9 Å². The van der Waals surface area contributed by atoms with E-state index in [1.54, 1.807) is 10.9 Å². The number of anilines is 1. The molecule has 1 aliphatic heterocycles. The molecule has 0 bridgehead atoms. The van der Waals surface area contributed by atoms with Crippen LogP contribution >= 0.6 is 0 Å². The second kappa shape index (κ2) is 9.72. The molecule has 2 N–H and O–H groups in total. The number of para-hydroxylation sites is 1. The normalized spacial score (nSPS) is 15.3. The summed E-state index contributed by atoms with van der Waals surface area (Å²) in [7, 11) is 0. The fraction of sp³-hybridized carbons (Fsp3) is 0.296. The molecule has 1 unspecified atom stereocenters. The molecule has 0 radical (unpaired) electrons. The number of nitrogens with one attached hydrogen (secondary N) is 2. The molecule has 0 spiro atoms. The molecule has 1 aliphatic rings. The number of morpholine rings is 1. The standard InChI is InChI=1S/C27H28N8O2/c1-17-6-3-4-9-21(17)35-26(18(2)32-25-23-24(29-15-28-23)30-16-31-25)33-20-8-5-7-19(22(20)27(35)36)14-34-10-12-37-13-11-34/h3-9,15-16,18H,10-14H2,1-2H3,(H2,28,29,30,31,32). The van der Waals surface area contributed by atoms with Crippen LogP contribution in [0, 0.1) is 6.92 Å². The fourth-order valence-electron chi connectivity index (χ4n) is 4.93. The van der Waals surface area contributed by atoms with Gasteiger partial charge in [0.25, 0.3) is 5.56 Å². The van der Waals surface area contributed by atoms with Gasteiger partial charge in [0.15, 0.2) is 11.5 Å². The predicted octanol–water partition coefficient (Wildman–Crippen LogP) is 3.37. The average Bonchev–Trinajstić information content (AvgIpc) is 3.40. The van der Waals surface area contributed by atoms with Gasteiger partial charge in [-0.05, 0) is 37.1 Å². The molecule has 6 rings (SSSR count). The van der Waals surface area contributed by atoms with E-state index in [0.29, 0.717) is 53.5 Å². The van der Waals surface area contributed by atoms with Gasteiger partial charge in [0.05, 0.1) is 42.2 Å². The molecule has 4 heterocycles. The summed E-state index contributed by atoms with van der Waals surface area (Å²) in [6.07, 6.45) is 3.06. The van der Waals surface area contributed by atoms with Crippen molar-refractivity contribution in [2.24, 2.45) is 0 Å². The maximum absolute atomic E-state index is 14.3. The number of hydrogen-bond acceptors (Lipinski definition) is 8. The molecule has 3 aromatic heterocycles. The van der Waals surface area contributed by atoms with E-state index >= 15 is 0 Å². The highest BCUT2D eigenvalue weighted by Crippen LogP contribution is 2.26. The summed E-state index contributed by atoms with van der Waals surface area (Å²) in [6.45, 7) is 7.76. The van der Waals surface area contributed by atoms with Crippen LogP contribution in [0.15, 0.2) is 59.9 Å². The molecule has 37 heavy (non-hydrogen) atoms. The van der Waals surface area contributed by atoms with Crippen molar-refractivity contribution in [2.45, 2.75) is 26.4 Å². The van der Waals surface area contributed by atoms with E-state index in [-0.39, 0.29) is 11.6 Å². The van der Waals surface area contributed by atoms with Crippen molar-refractivity contribution >= 4 is 27.9 Å². The zero-order chi connectivity index (χ0) is 25.4. The van der Waals surface area contributed by atoms with Gasteiger partial charge in [-0.15, -0.1) is 0 Å². The van der Waals surface area contributed by atoms with E-state index in [4.69, 9.17) is 9.72 Å². The first-order valence-corrected chi connectivity index (χ1v) is 12.4. The van der Waals surface area contributed by atoms with Crippen LogP contribution in [0.25, 0.3) is 27.8 Å². The Labute approximate surface area is 213 Å². The summed E-state index contributed by atoms with van der Waals surface area (Å²) < 4.78 is 7.25. The maximum Gasteiger partial charge on any atom is 0.266 e. The van der Waals surface area contributed by atoms with E-state index in [1.807, 2.05) is 56.3 Å². The van der Waals surface area contributed by atoms with Crippen molar-refractivity contribution in [1.29, 1.82) is 0 Å². The first-order chi connectivity index (χ1) is 18.1. The van der Waals surface area contributed by atoms with Gasteiger partial charge in [-0.25, -0.2) is 19.9 Å². The summed E-state index contributed by atoms with van der Waals surface area (Å²) >= 11 is 0. The van der Waals surface area contributed by atoms with Gasteiger partial charge in [0.2, 0.25) is 0 Å². The van der Waals surface area contributed by atoms with E-state index in [2.05, 4.69) is 30.2 Å². The number of rotatable bonds is 6. The molecule has 10 heteroatoms. The van der Waals surface area contributed by atoms with Crippen molar-refractivity contribution < 1.29 is 4.74 Å². The first kappa shape index (κ1) is 23.3. The van der Waals surface area contributed by atoms with Gasteiger partial charge < -0.3 is 15.0 Å². The lowest BCUT2D eigenvalue weighted by molar-refractivity contribution is 0.0343. The molecular formula is C27H28N8O2. The van der Waals surface area contributed by atoms with Crippen molar-refractivity contribution in [3.63, 3.8) is 0 Å². The van der Waals surface area contributed by atoms with E-state index in [1.165, 1.54) is 6.33 Å². The zero-order valence-corrected chi connectivity index (χ0v) is 20.8. The molecular weight excluding hydrogens is 468 g/mol. The molecule has 10 nitrogen and oxygen atoms in total. The Morgan fingerprint density at radius 1 is 1.08 bits per heavy atom. The second-order valence-corrected chi connectivity index (χ2v) is 9.29. The summed E-state index contributed by atoms with van der Waals surface area (Å²) in [5.74, 6) is 1.20. The summed E-state index contributed by atoms with van der Waals surface area (Å²) in [4.78, 5) is 37.6. The molecule has 0 saturated carbocycles. The number of hydrogen-bond donors (Lipinski definition) is 2. The van der Waals surface area contributed by atoms with Gasteiger partial charge in [-0.1, -0.05) is 30.3 Å². The molecule has 2 aromatic carbocycles. The lowest BCUT2D eigenvalue weighted by Gasteiger charge is -2.27. The molecule has 188 valence electrons. The Bertz CT molecular complexity index is 1640. The Balaban J connectivity index is 1.51. The Morgan fingerprint density at radius 2 is 1.92 bits per heavy atom. The van der Waals surface area contributed by atoms with Crippen molar-refractivity contribution in [1.82, 2.24) is 34.4 Å². The van der Waals surface area contributed by atoms with E-state index in [9.17, 15) is 4.79 Å². The number of fused-ring (bicyclic) bond motifs is 2. The number of imidazole rings is 1. The summed E-state index contributed by atoms with van der Waals surface area (Å²) in [5.41, 5.74) is 4.64. The highest BCUT2D eigenvalue weighted by molar-refractivity contribution is 5.83. The number of ether oxygens (including phenoxy) is 1. The Kier molecular flexibility index (Phi) is 6.11. The number of nitrogens with zero attached hydrogens (tertiary/aromatic N) is 6. The number of H-pyrrole nitrogens is 1. The lowest BCUT2D eigenvalue weighted by atomic mass is 10.1. The van der Waals surface area contributed by atoms with Crippen LogP contribution in [0.5, 0.6) is 0 Å². The number of benzene rings is 2. The molecule has 1 fully saturated rings. The SMILES string of the molecule is Cc1ccccc1-n1c(C(C)Nc2ncnc3nc[nH]c23)nc2cccc(CN3CCOCC3)c2c1=O. The zero-order valence-electron chi connectivity index (χ0n) is 20.8. The lowest BCUT2D eigenvalue weighted by Crippen LogP contribution is -2.36. The topological polar surface area (TPSA) is 114 Å². The van der Waals surface area contributed by atoms with Gasteiger partial charge in [0.1, 0.15) is 17.7 Å². The number of aromatic nitrogens is 6. The molecule has 5 aromatic rings. The van der Waals surface area contributed by atoms with Crippen molar-refractivity contribution in [3.8, 4) is 5.69 Å². The maximum atomic E-state index is 14.3. The molecule has 0 aliphatic carbocycles. The third-order valence-electron chi connectivity index (χ3n) is 6.83. The first-order valence-electron chi connectivity index (χ1n) is 12.4. The van der Waals surface area contributed by atoms with Crippen LogP contribution < -0.4 is 10.9 Å². The quantitative estimate of drug-likeness (QED) is 0.368. The molecule has 1 atom stereocenters. The van der Waals surface area contributed by atoms with Gasteiger partial charge in [0, 0.05) is 19.6 Å². The van der Waals surface area contributed by atoms with Crippen LogP contribution in [-0.4, -0.2) is 60.7 Å². The average molecular weight is 497 g/mol. The third kappa shape index (κ3) is 4.34. The highest BCUT2D eigenvalue weighted by atomic mass is 16.5. The minimum absolute atomic E-state index is 0.0822. The smallest absolute Gasteiger partial charge is 0.266 e. The minimum Gasteiger partial charge on any atom is -0.379 e. The number of aromatic amines is 1. The molecule has 1 saturated heterocycles. The van der Waals surface area contributed by atoms with E-state index in [0.717, 1.165) is 29.9 Å². The van der Waals surface area contributed by atoms with E-state index < -0.39 is 0 Å². The van der Waals surface area contributed by atoms with Crippen molar-refractivity contribution in [2.75, 3.05) is 31.6 Å². The van der Waals surface area contributed by atoms with Gasteiger partial charge in [-0.3, -0.25) is 14.3 Å². The van der Waals surface area contributed by atoms with Crippen LogP contribution in [-0.2, 0) is 11.3 Å². The highest BCUT2D eigenvalue weighted by Gasteiger charge is 2.22. The largest absolute Gasteiger partial charge is 0.379 e. The van der Waals surface area contributed by atoms with Gasteiger partial charge in [-0.2, -0.15) is 0 Å². The predicted molar refractivity (Wildman–Crippen MR) is 142 cm³/mol. The minimum atomic E-state index is -0.346. The van der Waals surface area contributed by atoms with Crippen molar-refractivity contribution in [3.05, 3.63) is 82.4 Å². The van der Waals surface area contributed by atoms with Crippen LogP contribution in [0.4, 0.5) is 5.82 Å². The Hall–Kier alpha value is -4.15. The third-order valence-corrected chi connectivity index (χ3v) is 6.83. The molecule has 0 amide bonds. The van der Waals surface area contributed by atoms with Crippen LogP contribution in [0.2, 0.25) is 0 Å². The Morgan fingerprint density at radius 3 is 2.76 bits per heavy atom. The monoisotopic (exact) mass is 496 g/mol. The number of aryl methyl sites for hydroxylation is 1. The second-order valence-electron chi connectivity index (χ2n) is 9.29. The summed E-state index contributed by atoms with van der Waals surface area (Å²) in [5, 5.41) is 4.07. The van der Waals surface area contributed by atoms with Gasteiger partial charge >= 0.3 is 0 Å². The fourth-order valence-corrected chi connectivity index (χ4v) is 4.93.